The first-order valence-electron chi connectivity index (χ1n) is 4.33. The van der Waals surface area contributed by atoms with Crippen molar-refractivity contribution in [2.24, 2.45) is 5.73 Å². The van der Waals surface area contributed by atoms with E-state index in [4.69, 9.17) is 10.4 Å². The largest absolute Gasteiger partial charge is 0.492 e. The SMILES string of the molecule is CC1(CN)OB(O)c2ccccc21. The number of hydrogen-bond acceptors (Lipinski definition) is 3. The van der Waals surface area contributed by atoms with Crippen molar-refractivity contribution in [3.8, 4) is 0 Å². The van der Waals surface area contributed by atoms with E-state index in [0.717, 1.165) is 11.0 Å². The molecule has 0 saturated carbocycles. The van der Waals surface area contributed by atoms with Gasteiger partial charge < -0.3 is 15.4 Å². The van der Waals surface area contributed by atoms with Gasteiger partial charge in [0.15, 0.2) is 0 Å². The van der Waals surface area contributed by atoms with Crippen LogP contribution in [0, 0.1) is 0 Å². The van der Waals surface area contributed by atoms with E-state index in [1.54, 1.807) is 0 Å². The standard InChI is InChI=1S/C9H12BNO2/c1-9(6-11)7-4-2-3-5-8(7)10(12)13-9/h2-5,12H,6,11H2,1H3. The smallest absolute Gasteiger partial charge is 0.423 e. The predicted octanol–water partition coefficient (Wildman–Crippen LogP) is -0.422. The van der Waals surface area contributed by atoms with E-state index in [0.29, 0.717) is 6.54 Å². The molecule has 1 aromatic carbocycles. The fourth-order valence-electron chi connectivity index (χ4n) is 1.73. The molecule has 68 valence electrons. The molecule has 4 heteroatoms. The van der Waals surface area contributed by atoms with Gasteiger partial charge in [0.05, 0.1) is 5.60 Å². The van der Waals surface area contributed by atoms with E-state index in [1.165, 1.54) is 0 Å². The number of rotatable bonds is 1. The number of nitrogens with two attached hydrogens (primary N) is 1. The average molecular weight is 177 g/mol. The Balaban J connectivity index is 2.53. The van der Waals surface area contributed by atoms with Gasteiger partial charge in [0.25, 0.3) is 0 Å². The third-order valence-electron chi connectivity index (χ3n) is 2.56. The quantitative estimate of drug-likeness (QED) is 0.572. The Hall–Kier alpha value is -0.835. The highest BCUT2D eigenvalue weighted by atomic mass is 16.5. The zero-order valence-corrected chi connectivity index (χ0v) is 7.53. The molecule has 2 rings (SSSR count). The molecule has 13 heavy (non-hydrogen) atoms. The molecule has 3 N–H and O–H groups in total. The maximum atomic E-state index is 9.57. The lowest BCUT2D eigenvalue weighted by Gasteiger charge is -2.23. The summed E-state index contributed by atoms with van der Waals surface area (Å²) < 4.78 is 5.40. The van der Waals surface area contributed by atoms with E-state index in [1.807, 2.05) is 31.2 Å². The molecule has 0 fully saturated rings. The highest BCUT2D eigenvalue weighted by Crippen LogP contribution is 2.28. The van der Waals surface area contributed by atoms with Gasteiger partial charge in [0, 0.05) is 6.54 Å². The van der Waals surface area contributed by atoms with Crippen LogP contribution in [0.15, 0.2) is 24.3 Å². The summed E-state index contributed by atoms with van der Waals surface area (Å²) in [4.78, 5) is 0. The van der Waals surface area contributed by atoms with Crippen molar-refractivity contribution in [3.05, 3.63) is 29.8 Å². The minimum Gasteiger partial charge on any atom is -0.423 e. The van der Waals surface area contributed by atoms with Gasteiger partial charge in [-0.25, -0.2) is 0 Å². The lowest BCUT2D eigenvalue weighted by molar-refractivity contribution is 0.0893. The van der Waals surface area contributed by atoms with Crippen molar-refractivity contribution in [2.45, 2.75) is 12.5 Å². The van der Waals surface area contributed by atoms with Crippen molar-refractivity contribution in [2.75, 3.05) is 6.54 Å². The van der Waals surface area contributed by atoms with Gasteiger partial charge in [-0.3, -0.25) is 0 Å². The lowest BCUT2D eigenvalue weighted by atomic mass is 9.78. The molecule has 1 aliphatic rings. The summed E-state index contributed by atoms with van der Waals surface area (Å²) in [5, 5.41) is 9.57. The third-order valence-corrected chi connectivity index (χ3v) is 2.56. The van der Waals surface area contributed by atoms with Crippen LogP contribution in [0.25, 0.3) is 0 Å². The zero-order valence-electron chi connectivity index (χ0n) is 7.53. The van der Waals surface area contributed by atoms with Crippen LogP contribution in [0.5, 0.6) is 0 Å². The molecule has 1 heterocycles. The van der Waals surface area contributed by atoms with Gasteiger partial charge in [0.1, 0.15) is 0 Å². The van der Waals surface area contributed by atoms with Crippen LogP contribution in [0.1, 0.15) is 12.5 Å². The molecule has 1 aromatic rings. The summed E-state index contributed by atoms with van der Waals surface area (Å²) in [6.07, 6.45) is 0. The fraction of sp³-hybridized carbons (Fsp3) is 0.333. The molecule has 1 unspecified atom stereocenters. The van der Waals surface area contributed by atoms with Crippen molar-refractivity contribution >= 4 is 12.6 Å². The maximum Gasteiger partial charge on any atom is 0.492 e. The van der Waals surface area contributed by atoms with Crippen LogP contribution in [-0.2, 0) is 10.3 Å². The maximum absolute atomic E-state index is 9.57. The highest BCUT2D eigenvalue weighted by molar-refractivity contribution is 6.61. The second-order valence-electron chi connectivity index (χ2n) is 3.49. The Kier molecular flexibility index (Phi) is 1.91. The first-order valence-corrected chi connectivity index (χ1v) is 4.33. The van der Waals surface area contributed by atoms with Gasteiger partial charge in [-0.1, -0.05) is 24.3 Å². The van der Waals surface area contributed by atoms with Crippen molar-refractivity contribution in [1.29, 1.82) is 0 Å². The molecule has 1 atom stereocenters. The second-order valence-corrected chi connectivity index (χ2v) is 3.49. The number of fused-ring (bicyclic) bond motifs is 1. The Labute approximate surface area is 77.7 Å². The van der Waals surface area contributed by atoms with E-state index in [9.17, 15) is 5.02 Å². The predicted molar refractivity (Wildman–Crippen MR) is 51.5 cm³/mol. The molecule has 3 nitrogen and oxygen atoms in total. The summed E-state index contributed by atoms with van der Waals surface area (Å²) in [5.41, 5.74) is 6.90. The molecule has 0 spiro atoms. The molecule has 0 aromatic heterocycles. The summed E-state index contributed by atoms with van der Waals surface area (Å²) in [6, 6.07) is 7.61. The Morgan fingerprint density at radius 1 is 1.54 bits per heavy atom. The third kappa shape index (κ3) is 1.18. The second kappa shape index (κ2) is 2.84. The van der Waals surface area contributed by atoms with Gasteiger partial charge in [0.2, 0.25) is 0 Å². The average Bonchev–Trinajstić information content (AvgIpc) is 2.42. The Morgan fingerprint density at radius 2 is 2.23 bits per heavy atom. The molecule has 0 aliphatic carbocycles. The molecule has 0 bridgehead atoms. The first-order chi connectivity index (χ1) is 6.17. The van der Waals surface area contributed by atoms with Gasteiger partial charge in [-0.05, 0) is 17.9 Å². The molecule has 0 saturated heterocycles. The van der Waals surface area contributed by atoms with Crippen LogP contribution in [0.3, 0.4) is 0 Å². The summed E-state index contributed by atoms with van der Waals surface area (Å²) in [6.45, 7) is 2.27. The van der Waals surface area contributed by atoms with E-state index >= 15 is 0 Å². The topological polar surface area (TPSA) is 55.5 Å². The van der Waals surface area contributed by atoms with Crippen LogP contribution in [0.2, 0.25) is 0 Å². The molecular formula is C9H12BNO2. The monoisotopic (exact) mass is 177 g/mol. The lowest BCUT2D eigenvalue weighted by Crippen LogP contribution is -2.33. The Bertz CT molecular complexity index is 331. The minimum atomic E-state index is -0.829. The van der Waals surface area contributed by atoms with Crippen LogP contribution in [-0.4, -0.2) is 18.7 Å². The first kappa shape index (κ1) is 8.75. The fourth-order valence-corrected chi connectivity index (χ4v) is 1.73. The van der Waals surface area contributed by atoms with Crippen LogP contribution >= 0.6 is 0 Å². The van der Waals surface area contributed by atoms with Crippen molar-refractivity contribution in [1.82, 2.24) is 0 Å². The molecule has 0 amide bonds. The number of hydrogen-bond donors (Lipinski definition) is 2. The van der Waals surface area contributed by atoms with E-state index < -0.39 is 12.7 Å². The zero-order chi connectivity index (χ0) is 9.47. The molecular weight excluding hydrogens is 165 g/mol. The summed E-state index contributed by atoms with van der Waals surface area (Å²) in [5.74, 6) is 0. The van der Waals surface area contributed by atoms with E-state index in [-0.39, 0.29) is 0 Å². The normalized spacial score (nSPS) is 26.2. The Morgan fingerprint density at radius 3 is 2.92 bits per heavy atom. The summed E-state index contributed by atoms with van der Waals surface area (Å²) >= 11 is 0. The van der Waals surface area contributed by atoms with Gasteiger partial charge >= 0.3 is 7.12 Å². The minimum absolute atomic E-state index is 0.376. The van der Waals surface area contributed by atoms with Crippen molar-refractivity contribution < 1.29 is 9.68 Å². The number of benzene rings is 1. The highest BCUT2D eigenvalue weighted by Gasteiger charge is 2.42. The van der Waals surface area contributed by atoms with Crippen molar-refractivity contribution in [3.63, 3.8) is 0 Å². The van der Waals surface area contributed by atoms with Crippen LogP contribution in [0.4, 0.5) is 0 Å². The molecule has 1 aliphatic heterocycles. The summed E-state index contributed by atoms with van der Waals surface area (Å²) in [7, 11) is -0.829. The van der Waals surface area contributed by atoms with E-state index in [2.05, 4.69) is 0 Å². The van der Waals surface area contributed by atoms with Gasteiger partial charge in [-0.2, -0.15) is 0 Å². The molecule has 0 radical (unpaired) electrons. The van der Waals surface area contributed by atoms with Crippen LogP contribution < -0.4 is 11.2 Å². The van der Waals surface area contributed by atoms with Gasteiger partial charge in [-0.15, -0.1) is 0 Å².